The van der Waals surface area contributed by atoms with Crippen LogP contribution in [0.3, 0.4) is 0 Å². The molecule has 0 saturated carbocycles. The van der Waals surface area contributed by atoms with Gasteiger partial charge in [-0.3, -0.25) is 4.79 Å². The molecular weight excluding hydrogens is 100 g/mol. The van der Waals surface area contributed by atoms with Gasteiger partial charge >= 0.3 is 0 Å². The second-order valence-electron chi connectivity index (χ2n) is 1.81. The number of carbonyl (C=O) groups excluding carboxylic acids is 1. The molecule has 1 aliphatic carbocycles. The molecule has 0 spiro atoms. The fourth-order valence-corrected chi connectivity index (χ4v) is 0.715. The first-order valence-corrected chi connectivity index (χ1v) is 2.72. The molecule has 1 aliphatic rings. The van der Waals surface area contributed by atoms with Gasteiger partial charge in [-0.15, -0.1) is 0 Å². The maximum atomic E-state index is 10.1. The second kappa shape index (κ2) is 2.46. The van der Waals surface area contributed by atoms with Gasteiger partial charge in [-0.25, -0.2) is 0 Å². The predicted octanol–water partition coefficient (Wildman–Crippen LogP) is 1.46. The monoisotopic (exact) mass is 108 g/mol. The summed E-state index contributed by atoms with van der Waals surface area (Å²) in [6.45, 7) is 0. The molecule has 0 aromatic heterocycles. The quantitative estimate of drug-likeness (QED) is 0.367. The molecule has 0 amide bonds. The van der Waals surface area contributed by atoms with E-state index in [4.69, 9.17) is 0 Å². The van der Waals surface area contributed by atoms with Gasteiger partial charge < -0.3 is 0 Å². The molecule has 42 valence electrons. The summed E-state index contributed by atoms with van der Waals surface area (Å²) in [5.41, 5.74) is 0.910. The summed E-state index contributed by atoms with van der Waals surface area (Å²) in [6.07, 6.45) is 8.70. The number of allylic oxidation sites excluding steroid dienone is 4. The highest BCUT2D eigenvalue weighted by Gasteiger charge is 1.93. The Morgan fingerprint density at radius 3 is 2.75 bits per heavy atom. The van der Waals surface area contributed by atoms with E-state index in [1.807, 2.05) is 12.2 Å². The van der Waals surface area contributed by atoms with Crippen LogP contribution >= 0.6 is 0 Å². The molecule has 0 aromatic rings. The lowest BCUT2D eigenvalue weighted by molar-refractivity contribution is -0.105. The minimum Gasteiger partial charge on any atom is -0.298 e. The summed E-state index contributed by atoms with van der Waals surface area (Å²) in [4.78, 5) is 10.1. The van der Waals surface area contributed by atoms with E-state index in [1.54, 1.807) is 0 Å². The highest BCUT2D eigenvalue weighted by atomic mass is 16.1. The standard InChI is InChI=1S/C7H8O/c8-6-7-4-2-1-3-5-7/h1-2,5-6H,3-4H2. The van der Waals surface area contributed by atoms with E-state index in [-0.39, 0.29) is 0 Å². The lowest BCUT2D eigenvalue weighted by atomic mass is 10.1. The molecule has 0 N–H and O–H groups in total. The van der Waals surface area contributed by atoms with Crippen molar-refractivity contribution in [1.29, 1.82) is 0 Å². The average molecular weight is 108 g/mol. The van der Waals surface area contributed by atoms with E-state index in [0.29, 0.717) is 0 Å². The Morgan fingerprint density at radius 1 is 1.50 bits per heavy atom. The molecule has 0 fully saturated rings. The van der Waals surface area contributed by atoms with E-state index in [2.05, 4.69) is 6.08 Å². The fraction of sp³-hybridized carbons (Fsp3) is 0.286. The topological polar surface area (TPSA) is 17.1 Å². The van der Waals surface area contributed by atoms with Crippen LogP contribution in [0.2, 0.25) is 0 Å². The van der Waals surface area contributed by atoms with Gasteiger partial charge in [-0.2, -0.15) is 0 Å². The van der Waals surface area contributed by atoms with E-state index < -0.39 is 0 Å². The zero-order valence-corrected chi connectivity index (χ0v) is 4.63. The molecule has 0 aliphatic heterocycles. The fourth-order valence-electron chi connectivity index (χ4n) is 0.715. The summed E-state index contributed by atoms with van der Waals surface area (Å²) in [6, 6.07) is 0. The van der Waals surface area contributed by atoms with E-state index >= 15 is 0 Å². The lowest BCUT2D eigenvalue weighted by Crippen LogP contribution is -1.85. The van der Waals surface area contributed by atoms with Gasteiger partial charge in [0.05, 0.1) is 0 Å². The Hall–Kier alpha value is -0.850. The Labute approximate surface area is 48.7 Å². The third-order valence-corrected chi connectivity index (χ3v) is 1.19. The number of hydrogen-bond donors (Lipinski definition) is 0. The molecule has 0 bridgehead atoms. The summed E-state index contributed by atoms with van der Waals surface area (Å²) in [5.74, 6) is 0. The molecule has 0 heterocycles. The minimum atomic E-state index is 0.823. The number of carbonyl (C=O) groups is 1. The maximum absolute atomic E-state index is 10.1. The minimum absolute atomic E-state index is 0.823. The molecule has 0 saturated heterocycles. The zero-order chi connectivity index (χ0) is 5.82. The van der Waals surface area contributed by atoms with Crippen LogP contribution in [-0.2, 0) is 4.79 Å². The highest BCUT2D eigenvalue weighted by molar-refractivity contribution is 5.73. The van der Waals surface area contributed by atoms with Gasteiger partial charge in [0, 0.05) is 0 Å². The van der Waals surface area contributed by atoms with E-state index in [1.165, 1.54) is 0 Å². The van der Waals surface area contributed by atoms with Crippen molar-refractivity contribution in [2.75, 3.05) is 0 Å². The Kier molecular flexibility index (Phi) is 1.62. The van der Waals surface area contributed by atoms with Crippen molar-refractivity contribution in [1.82, 2.24) is 0 Å². The summed E-state index contributed by atoms with van der Waals surface area (Å²) < 4.78 is 0. The maximum Gasteiger partial charge on any atom is 0.146 e. The molecule has 1 heteroatoms. The molecule has 0 unspecified atom stereocenters. The number of hydrogen-bond acceptors (Lipinski definition) is 1. The van der Waals surface area contributed by atoms with Crippen molar-refractivity contribution in [2.24, 2.45) is 0 Å². The molecular formula is C7H8O. The Bertz CT molecular complexity index is 142. The van der Waals surface area contributed by atoms with Crippen molar-refractivity contribution in [2.45, 2.75) is 12.8 Å². The van der Waals surface area contributed by atoms with Crippen molar-refractivity contribution in [3.05, 3.63) is 23.8 Å². The van der Waals surface area contributed by atoms with Crippen molar-refractivity contribution in [3.8, 4) is 0 Å². The highest BCUT2D eigenvalue weighted by Crippen LogP contribution is 2.06. The van der Waals surface area contributed by atoms with Crippen molar-refractivity contribution < 1.29 is 4.79 Å². The summed E-state index contributed by atoms with van der Waals surface area (Å²) in [5, 5.41) is 0. The first-order chi connectivity index (χ1) is 3.93. The first kappa shape index (κ1) is 5.29. The largest absolute Gasteiger partial charge is 0.298 e. The van der Waals surface area contributed by atoms with Crippen LogP contribution in [0.25, 0.3) is 0 Å². The summed E-state index contributed by atoms with van der Waals surface area (Å²) >= 11 is 0. The lowest BCUT2D eigenvalue weighted by Gasteiger charge is -1.96. The molecule has 1 nitrogen and oxygen atoms in total. The second-order valence-corrected chi connectivity index (χ2v) is 1.81. The third kappa shape index (κ3) is 1.06. The Balaban J connectivity index is 2.55. The van der Waals surface area contributed by atoms with Gasteiger partial charge in [0.15, 0.2) is 0 Å². The van der Waals surface area contributed by atoms with Crippen LogP contribution in [-0.4, -0.2) is 6.29 Å². The molecule has 0 aromatic carbocycles. The SMILES string of the molecule is O=CC1=CCC=CC1. The van der Waals surface area contributed by atoms with E-state index in [0.717, 1.165) is 24.7 Å². The normalized spacial score (nSPS) is 17.8. The van der Waals surface area contributed by atoms with Gasteiger partial charge in [0.2, 0.25) is 0 Å². The molecule has 1 rings (SSSR count). The number of aldehydes is 1. The predicted molar refractivity (Wildman–Crippen MR) is 32.5 cm³/mol. The van der Waals surface area contributed by atoms with Crippen LogP contribution in [0.15, 0.2) is 23.8 Å². The van der Waals surface area contributed by atoms with E-state index in [9.17, 15) is 4.79 Å². The molecule has 8 heavy (non-hydrogen) atoms. The molecule has 0 radical (unpaired) electrons. The first-order valence-electron chi connectivity index (χ1n) is 2.72. The van der Waals surface area contributed by atoms with Crippen LogP contribution < -0.4 is 0 Å². The van der Waals surface area contributed by atoms with Gasteiger partial charge in [0.25, 0.3) is 0 Å². The van der Waals surface area contributed by atoms with Crippen LogP contribution in [0.5, 0.6) is 0 Å². The van der Waals surface area contributed by atoms with Gasteiger partial charge in [0.1, 0.15) is 6.29 Å². The summed E-state index contributed by atoms with van der Waals surface area (Å²) in [7, 11) is 0. The van der Waals surface area contributed by atoms with Gasteiger partial charge in [-0.05, 0) is 18.4 Å². The third-order valence-electron chi connectivity index (χ3n) is 1.19. The molecule has 0 atom stereocenters. The van der Waals surface area contributed by atoms with Crippen LogP contribution in [0, 0.1) is 0 Å². The van der Waals surface area contributed by atoms with Gasteiger partial charge in [-0.1, -0.05) is 18.2 Å². The van der Waals surface area contributed by atoms with Crippen molar-refractivity contribution in [3.63, 3.8) is 0 Å². The zero-order valence-electron chi connectivity index (χ0n) is 4.63. The van der Waals surface area contributed by atoms with Crippen molar-refractivity contribution >= 4 is 6.29 Å². The van der Waals surface area contributed by atoms with Crippen LogP contribution in [0.4, 0.5) is 0 Å². The van der Waals surface area contributed by atoms with Crippen LogP contribution in [0.1, 0.15) is 12.8 Å². The Morgan fingerprint density at radius 2 is 2.38 bits per heavy atom. The average Bonchev–Trinajstić information content (AvgIpc) is 1.90. The number of rotatable bonds is 1. The smallest absolute Gasteiger partial charge is 0.146 e.